The van der Waals surface area contributed by atoms with E-state index in [0.717, 1.165) is 11.1 Å². The van der Waals surface area contributed by atoms with Crippen molar-refractivity contribution in [1.82, 2.24) is 9.55 Å². The largest absolute Gasteiger partial charge is 0.496 e. The molecule has 31 heavy (non-hydrogen) atoms. The Morgan fingerprint density at radius 3 is 2.48 bits per heavy atom. The van der Waals surface area contributed by atoms with E-state index in [4.69, 9.17) is 9.72 Å². The highest BCUT2D eigenvalue weighted by Gasteiger charge is 2.35. The number of aryl methyl sites for hydroxylation is 1. The number of rotatable bonds is 5. The summed E-state index contributed by atoms with van der Waals surface area (Å²) in [5, 5.41) is 12.2. The van der Waals surface area contributed by atoms with Gasteiger partial charge in [-0.3, -0.25) is 9.36 Å². The van der Waals surface area contributed by atoms with E-state index in [9.17, 15) is 14.7 Å². The van der Waals surface area contributed by atoms with Crippen molar-refractivity contribution in [3.63, 3.8) is 0 Å². The Morgan fingerprint density at radius 1 is 1.13 bits per heavy atom. The number of carboxylic acid groups (broad SMARTS) is 1. The molecule has 6 nitrogen and oxygen atoms in total. The zero-order chi connectivity index (χ0) is 22.3. The van der Waals surface area contributed by atoms with E-state index >= 15 is 0 Å². The molecule has 0 spiro atoms. The second kappa shape index (κ2) is 7.67. The third-order valence-electron chi connectivity index (χ3n) is 5.37. The van der Waals surface area contributed by atoms with E-state index in [1.807, 2.05) is 60.8 Å². The average Bonchev–Trinajstić information content (AvgIpc) is 3.18. The molecule has 4 aromatic rings. The number of hydrogen-bond donors (Lipinski definition) is 1. The Labute approximate surface area is 183 Å². The monoisotopic (exact) mass is 434 g/mol. The molecule has 0 aliphatic rings. The summed E-state index contributed by atoms with van der Waals surface area (Å²) in [6.45, 7) is 4.99. The van der Waals surface area contributed by atoms with Gasteiger partial charge in [0.05, 0.1) is 12.5 Å². The zero-order valence-corrected chi connectivity index (χ0v) is 18.5. The van der Waals surface area contributed by atoms with Crippen LogP contribution in [-0.2, 0) is 10.3 Å². The van der Waals surface area contributed by atoms with Crippen molar-refractivity contribution in [3.05, 3.63) is 69.8 Å². The number of nitrogens with zero attached hydrogens (tertiary/aromatic N) is 2. The standard InChI is InChI=1S/C24H22N2O4S/c1-14-10-11-18(30-4)16(12-14)17-13-31-21-19(17)22(27)26(24(2,3)23(28)29)20(25-21)15-8-6-5-7-9-15/h5-13H,1-4H3,(H,28,29). The van der Waals surface area contributed by atoms with Crippen molar-refractivity contribution in [1.29, 1.82) is 0 Å². The first-order chi connectivity index (χ1) is 14.8. The molecule has 0 atom stereocenters. The SMILES string of the molecule is COc1ccc(C)cc1-c1csc2nc(-c3ccccc3)n(C(C)(C)C(=O)O)c(=O)c12. The Hall–Kier alpha value is -3.45. The number of thiophene rings is 1. The van der Waals surface area contributed by atoms with Gasteiger partial charge >= 0.3 is 5.97 Å². The van der Waals surface area contributed by atoms with E-state index in [1.54, 1.807) is 7.11 Å². The van der Waals surface area contributed by atoms with Crippen molar-refractivity contribution < 1.29 is 14.6 Å². The van der Waals surface area contributed by atoms with Crippen LogP contribution in [0.3, 0.4) is 0 Å². The highest BCUT2D eigenvalue weighted by Crippen LogP contribution is 2.38. The minimum Gasteiger partial charge on any atom is -0.496 e. The molecule has 4 rings (SSSR count). The quantitative estimate of drug-likeness (QED) is 0.482. The van der Waals surface area contributed by atoms with Gasteiger partial charge < -0.3 is 9.84 Å². The smallest absolute Gasteiger partial charge is 0.329 e. The molecule has 2 aromatic carbocycles. The van der Waals surface area contributed by atoms with Gasteiger partial charge in [-0.25, -0.2) is 9.78 Å². The van der Waals surface area contributed by atoms with Crippen LogP contribution in [0.15, 0.2) is 58.7 Å². The molecular weight excluding hydrogens is 412 g/mol. The predicted molar refractivity (Wildman–Crippen MR) is 123 cm³/mol. The topological polar surface area (TPSA) is 81.4 Å². The lowest BCUT2D eigenvalue weighted by atomic mass is 10.0. The van der Waals surface area contributed by atoms with Crippen molar-refractivity contribution in [2.24, 2.45) is 0 Å². The maximum absolute atomic E-state index is 13.8. The van der Waals surface area contributed by atoms with E-state index in [2.05, 4.69) is 0 Å². The van der Waals surface area contributed by atoms with E-state index in [-0.39, 0.29) is 0 Å². The molecule has 0 unspecified atom stereocenters. The van der Waals surface area contributed by atoms with Crippen LogP contribution in [0.5, 0.6) is 5.75 Å². The van der Waals surface area contributed by atoms with Gasteiger partial charge in [0, 0.05) is 22.1 Å². The molecule has 0 saturated heterocycles. The summed E-state index contributed by atoms with van der Waals surface area (Å²) in [5.41, 5.74) is 1.27. The fraction of sp³-hybridized carbons (Fsp3) is 0.208. The zero-order valence-electron chi connectivity index (χ0n) is 17.7. The highest BCUT2D eigenvalue weighted by atomic mass is 32.1. The molecule has 0 fully saturated rings. The summed E-state index contributed by atoms with van der Waals surface area (Å²) in [7, 11) is 1.58. The summed E-state index contributed by atoms with van der Waals surface area (Å²) in [6, 6.07) is 14.9. The van der Waals surface area contributed by atoms with Crippen molar-refractivity contribution in [2.45, 2.75) is 26.3 Å². The van der Waals surface area contributed by atoms with Crippen LogP contribution in [0.4, 0.5) is 0 Å². The molecule has 158 valence electrons. The number of aromatic nitrogens is 2. The highest BCUT2D eigenvalue weighted by molar-refractivity contribution is 7.17. The van der Waals surface area contributed by atoms with Crippen molar-refractivity contribution in [2.75, 3.05) is 7.11 Å². The maximum Gasteiger partial charge on any atom is 0.329 e. The van der Waals surface area contributed by atoms with Crippen molar-refractivity contribution >= 4 is 27.5 Å². The van der Waals surface area contributed by atoms with Crippen molar-refractivity contribution in [3.8, 4) is 28.3 Å². The first-order valence-corrected chi connectivity index (χ1v) is 10.6. The maximum atomic E-state index is 13.8. The lowest BCUT2D eigenvalue weighted by molar-refractivity contribution is -0.145. The second-order valence-corrected chi connectivity index (χ2v) is 8.70. The molecular formula is C24H22N2O4S. The molecule has 0 radical (unpaired) electrons. The molecule has 1 N–H and O–H groups in total. The summed E-state index contributed by atoms with van der Waals surface area (Å²) in [5.74, 6) is -0.145. The first-order valence-electron chi connectivity index (χ1n) is 9.74. The Balaban J connectivity index is 2.12. The molecule has 0 bridgehead atoms. The number of benzene rings is 2. The van der Waals surface area contributed by atoms with Crippen LogP contribution in [0.2, 0.25) is 0 Å². The van der Waals surface area contributed by atoms with Crippen LogP contribution < -0.4 is 10.3 Å². The van der Waals surface area contributed by atoms with Crippen LogP contribution in [0.25, 0.3) is 32.7 Å². The summed E-state index contributed by atoms with van der Waals surface area (Å²) < 4.78 is 6.81. The number of hydrogen-bond acceptors (Lipinski definition) is 5. The summed E-state index contributed by atoms with van der Waals surface area (Å²) >= 11 is 1.36. The Kier molecular flexibility index (Phi) is 5.15. The van der Waals surface area contributed by atoms with Gasteiger partial charge in [-0.05, 0) is 32.9 Å². The first kappa shape index (κ1) is 20.8. The third-order valence-corrected chi connectivity index (χ3v) is 6.24. The van der Waals surface area contributed by atoms with Gasteiger partial charge in [-0.1, -0.05) is 42.0 Å². The number of fused-ring (bicyclic) bond motifs is 1. The number of methoxy groups -OCH3 is 1. The third kappa shape index (κ3) is 3.41. The van der Waals surface area contributed by atoms with Gasteiger partial charge in [0.25, 0.3) is 5.56 Å². The normalized spacial score (nSPS) is 11.6. The van der Waals surface area contributed by atoms with Gasteiger partial charge in [-0.15, -0.1) is 11.3 Å². The molecule has 2 aromatic heterocycles. The second-order valence-electron chi connectivity index (χ2n) is 7.84. The van der Waals surface area contributed by atoms with Gasteiger partial charge in [-0.2, -0.15) is 0 Å². The fourth-order valence-corrected chi connectivity index (χ4v) is 4.55. The lowest BCUT2D eigenvalue weighted by Gasteiger charge is -2.25. The minimum absolute atomic E-state index is 0.329. The van der Waals surface area contributed by atoms with Crippen LogP contribution in [-0.4, -0.2) is 27.7 Å². The molecule has 0 aliphatic heterocycles. The van der Waals surface area contributed by atoms with Crippen LogP contribution >= 0.6 is 11.3 Å². The number of carboxylic acids is 1. The lowest BCUT2D eigenvalue weighted by Crippen LogP contribution is -2.44. The number of carbonyl (C=O) groups is 1. The molecule has 7 heteroatoms. The molecule has 0 saturated carbocycles. The van der Waals surface area contributed by atoms with Gasteiger partial charge in [0.2, 0.25) is 0 Å². The average molecular weight is 435 g/mol. The van der Waals surface area contributed by atoms with Crippen LogP contribution in [0, 0.1) is 6.92 Å². The minimum atomic E-state index is -1.50. The number of aliphatic carboxylic acids is 1. The fourth-order valence-electron chi connectivity index (χ4n) is 3.62. The van der Waals surface area contributed by atoms with Gasteiger partial charge in [0.15, 0.2) is 0 Å². The molecule has 2 heterocycles. The molecule has 0 aliphatic carbocycles. The van der Waals surface area contributed by atoms with Crippen LogP contribution in [0.1, 0.15) is 19.4 Å². The Bertz CT molecular complexity index is 1350. The summed E-state index contributed by atoms with van der Waals surface area (Å²) in [4.78, 5) is 31.3. The van der Waals surface area contributed by atoms with Gasteiger partial charge in [0.1, 0.15) is 21.9 Å². The Morgan fingerprint density at radius 2 is 1.84 bits per heavy atom. The van der Waals surface area contributed by atoms with E-state index in [0.29, 0.717) is 32.9 Å². The molecule has 0 amide bonds. The predicted octanol–water partition coefficient (Wildman–Crippen LogP) is 4.93. The van der Waals surface area contributed by atoms with E-state index < -0.39 is 17.1 Å². The summed E-state index contributed by atoms with van der Waals surface area (Å²) in [6.07, 6.45) is 0. The number of ether oxygens (including phenoxy) is 1. The van der Waals surface area contributed by atoms with E-state index in [1.165, 1.54) is 29.8 Å².